The van der Waals surface area contributed by atoms with E-state index in [0.29, 0.717) is 11.7 Å². The second-order valence-corrected chi connectivity index (χ2v) is 7.51. The molecule has 2 aromatic rings. The van der Waals surface area contributed by atoms with Gasteiger partial charge in [0.1, 0.15) is 5.75 Å². The molecule has 136 valence electrons. The summed E-state index contributed by atoms with van der Waals surface area (Å²) in [6.07, 6.45) is 4.26. The van der Waals surface area contributed by atoms with Crippen LogP contribution in [0, 0.1) is 5.92 Å². The highest BCUT2D eigenvalue weighted by Gasteiger charge is 2.27. The molecule has 1 unspecified atom stereocenters. The summed E-state index contributed by atoms with van der Waals surface area (Å²) in [7, 11) is 0. The first kappa shape index (κ1) is 17.3. The number of ether oxygens (including phenoxy) is 1. The number of hydrogen-bond donors (Lipinski definition) is 0. The number of fused-ring (bicyclic) bond motifs is 1. The van der Waals surface area contributed by atoms with Crippen LogP contribution in [0.4, 0.5) is 0 Å². The van der Waals surface area contributed by atoms with E-state index < -0.39 is 0 Å². The summed E-state index contributed by atoms with van der Waals surface area (Å²) < 4.78 is 5.78. The van der Waals surface area contributed by atoms with Gasteiger partial charge in [0.15, 0.2) is 5.78 Å². The van der Waals surface area contributed by atoms with Crippen LogP contribution in [-0.4, -0.2) is 36.9 Å². The van der Waals surface area contributed by atoms with Gasteiger partial charge in [-0.1, -0.05) is 48.5 Å². The van der Waals surface area contributed by atoms with Gasteiger partial charge in [-0.2, -0.15) is 0 Å². The predicted octanol–water partition coefficient (Wildman–Crippen LogP) is 4.54. The van der Waals surface area contributed by atoms with Crippen molar-refractivity contribution in [3.8, 4) is 5.75 Å². The Morgan fingerprint density at radius 3 is 2.50 bits per heavy atom. The molecular formula is C23H27NO2. The van der Waals surface area contributed by atoms with Gasteiger partial charge >= 0.3 is 0 Å². The van der Waals surface area contributed by atoms with Crippen LogP contribution in [0.3, 0.4) is 0 Å². The number of piperidine rings is 1. The summed E-state index contributed by atoms with van der Waals surface area (Å²) in [5.74, 6) is 2.18. The van der Waals surface area contributed by atoms with Crippen LogP contribution in [0.15, 0.2) is 54.6 Å². The van der Waals surface area contributed by atoms with E-state index in [1.807, 2.05) is 30.3 Å². The van der Waals surface area contributed by atoms with Crippen molar-refractivity contribution in [2.24, 2.45) is 5.92 Å². The molecule has 0 bridgehead atoms. The summed E-state index contributed by atoms with van der Waals surface area (Å²) in [5.41, 5.74) is 2.23. The monoisotopic (exact) mass is 349 g/mol. The molecule has 3 heteroatoms. The fraction of sp³-hybridized carbons (Fsp3) is 0.435. The van der Waals surface area contributed by atoms with Gasteiger partial charge < -0.3 is 9.64 Å². The number of carbonyl (C=O) groups excluding carboxylic acids is 1. The molecule has 26 heavy (non-hydrogen) atoms. The molecular weight excluding hydrogens is 322 g/mol. The third-order valence-corrected chi connectivity index (χ3v) is 5.89. The smallest absolute Gasteiger partial charge is 0.166 e. The van der Waals surface area contributed by atoms with Crippen molar-refractivity contribution in [2.45, 2.75) is 31.6 Å². The summed E-state index contributed by atoms with van der Waals surface area (Å²) in [4.78, 5) is 15.2. The van der Waals surface area contributed by atoms with Crippen molar-refractivity contribution in [3.63, 3.8) is 0 Å². The Kier molecular flexibility index (Phi) is 5.35. The van der Waals surface area contributed by atoms with Gasteiger partial charge in [-0.15, -0.1) is 0 Å². The molecule has 0 radical (unpaired) electrons. The highest BCUT2D eigenvalue weighted by atomic mass is 16.5. The maximum atomic E-state index is 12.6. The van der Waals surface area contributed by atoms with Crippen molar-refractivity contribution in [2.75, 3.05) is 26.2 Å². The topological polar surface area (TPSA) is 29.5 Å². The average Bonchev–Trinajstić information content (AvgIpc) is 2.73. The number of hydrogen-bond acceptors (Lipinski definition) is 3. The Hall–Kier alpha value is -2.13. The first-order valence-corrected chi connectivity index (χ1v) is 9.84. The van der Waals surface area contributed by atoms with Crippen LogP contribution in [0.1, 0.15) is 47.5 Å². The van der Waals surface area contributed by atoms with Gasteiger partial charge in [-0.3, -0.25) is 4.79 Å². The van der Waals surface area contributed by atoms with Crippen molar-refractivity contribution in [1.29, 1.82) is 0 Å². The number of benzene rings is 2. The third-order valence-electron chi connectivity index (χ3n) is 5.89. The van der Waals surface area contributed by atoms with E-state index >= 15 is 0 Å². The zero-order valence-corrected chi connectivity index (χ0v) is 15.3. The summed E-state index contributed by atoms with van der Waals surface area (Å²) >= 11 is 0. The molecule has 3 nitrogen and oxygen atoms in total. The number of para-hydroxylation sites is 1. The van der Waals surface area contributed by atoms with E-state index in [1.54, 1.807) is 0 Å². The molecule has 1 saturated heterocycles. The number of carbonyl (C=O) groups is 1. The van der Waals surface area contributed by atoms with E-state index in [-0.39, 0.29) is 5.92 Å². The first-order chi connectivity index (χ1) is 12.8. The minimum absolute atomic E-state index is 0.192. The maximum Gasteiger partial charge on any atom is 0.166 e. The Morgan fingerprint density at radius 1 is 0.962 bits per heavy atom. The van der Waals surface area contributed by atoms with Crippen LogP contribution >= 0.6 is 0 Å². The molecule has 2 aromatic carbocycles. The highest BCUT2D eigenvalue weighted by Crippen LogP contribution is 2.35. The molecule has 2 heterocycles. The van der Waals surface area contributed by atoms with Crippen molar-refractivity contribution >= 4 is 5.78 Å². The van der Waals surface area contributed by atoms with E-state index in [0.717, 1.165) is 56.8 Å². The lowest BCUT2D eigenvalue weighted by Gasteiger charge is -2.33. The normalized spacial score (nSPS) is 21.0. The fourth-order valence-electron chi connectivity index (χ4n) is 4.31. The van der Waals surface area contributed by atoms with Gasteiger partial charge in [-0.05, 0) is 62.9 Å². The zero-order valence-electron chi connectivity index (χ0n) is 15.3. The lowest BCUT2D eigenvalue weighted by atomic mass is 9.87. The predicted molar refractivity (Wildman–Crippen MR) is 104 cm³/mol. The molecule has 0 aromatic heterocycles. The van der Waals surface area contributed by atoms with Crippen LogP contribution < -0.4 is 4.74 Å². The van der Waals surface area contributed by atoms with Crippen LogP contribution in [-0.2, 0) is 0 Å². The van der Waals surface area contributed by atoms with Crippen molar-refractivity contribution in [1.82, 2.24) is 4.90 Å². The van der Waals surface area contributed by atoms with Crippen LogP contribution in [0.2, 0.25) is 0 Å². The summed E-state index contributed by atoms with van der Waals surface area (Å²) in [6.45, 7) is 4.02. The lowest BCUT2D eigenvalue weighted by Crippen LogP contribution is -2.37. The summed E-state index contributed by atoms with van der Waals surface area (Å²) in [6, 6.07) is 18.2. The third kappa shape index (κ3) is 3.83. The van der Waals surface area contributed by atoms with Crippen molar-refractivity contribution < 1.29 is 9.53 Å². The van der Waals surface area contributed by atoms with Crippen molar-refractivity contribution in [3.05, 3.63) is 65.7 Å². The van der Waals surface area contributed by atoms with Crippen LogP contribution in [0.5, 0.6) is 5.75 Å². The Balaban J connectivity index is 1.28. The molecule has 1 fully saturated rings. The van der Waals surface area contributed by atoms with E-state index in [4.69, 9.17) is 4.74 Å². The van der Waals surface area contributed by atoms with Gasteiger partial charge in [-0.25, -0.2) is 0 Å². The average molecular weight is 349 g/mol. The highest BCUT2D eigenvalue weighted by molar-refractivity contribution is 5.97. The Labute approximate surface area is 156 Å². The Bertz CT molecular complexity index is 735. The minimum atomic E-state index is 0.192. The molecule has 0 saturated carbocycles. The molecule has 2 aliphatic rings. The second-order valence-electron chi connectivity index (χ2n) is 7.51. The molecule has 4 rings (SSSR count). The standard InChI is InChI=1S/C23H27NO2/c25-23(19-6-2-1-3-7-19)20-11-15-24(16-12-20)14-10-18-13-17-26-22-9-5-4-8-21(18)22/h1-9,18,20H,10-17H2. The minimum Gasteiger partial charge on any atom is -0.493 e. The molecule has 0 aliphatic carbocycles. The zero-order chi connectivity index (χ0) is 17.8. The van der Waals surface area contributed by atoms with Gasteiger partial charge in [0, 0.05) is 11.5 Å². The van der Waals surface area contributed by atoms with E-state index in [1.165, 1.54) is 12.0 Å². The maximum absolute atomic E-state index is 12.6. The van der Waals surface area contributed by atoms with E-state index in [9.17, 15) is 4.79 Å². The van der Waals surface area contributed by atoms with Gasteiger partial charge in [0.05, 0.1) is 6.61 Å². The molecule has 0 N–H and O–H groups in total. The van der Waals surface area contributed by atoms with E-state index in [2.05, 4.69) is 29.2 Å². The number of likely N-dealkylation sites (tertiary alicyclic amines) is 1. The number of ketones is 1. The first-order valence-electron chi connectivity index (χ1n) is 9.84. The number of rotatable bonds is 5. The van der Waals surface area contributed by atoms with Crippen LogP contribution in [0.25, 0.3) is 0 Å². The Morgan fingerprint density at radius 2 is 1.69 bits per heavy atom. The fourth-order valence-corrected chi connectivity index (χ4v) is 4.31. The second kappa shape index (κ2) is 8.05. The molecule has 1 atom stereocenters. The molecule has 0 amide bonds. The largest absolute Gasteiger partial charge is 0.493 e. The number of Topliss-reactive ketones (excluding diaryl/α,β-unsaturated/α-hetero) is 1. The molecule has 2 aliphatic heterocycles. The molecule has 0 spiro atoms. The SMILES string of the molecule is O=C(c1ccccc1)C1CCN(CCC2CCOc3ccccc32)CC1. The number of nitrogens with zero attached hydrogens (tertiary/aromatic N) is 1. The van der Waals surface area contributed by atoms with Gasteiger partial charge in [0.2, 0.25) is 0 Å². The lowest BCUT2D eigenvalue weighted by molar-refractivity contribution is 0.0836. The van der Waals surface area contributed by atoms with Gasteiger partial charge in [0.25, 0.3) is 0 Å². The summed E-state index contributed by atoms with van der Waals surface area (Å²) in [5, 5.41) is 0. The quantitative estimate of drug-likeness (QED) is 0.742.